The first kappa shape index (κ1) is 10.7. The smallest absolute Gasteiger partial charge is 0.246 e. The van der Waals surface area contributed by atoms with Gasteiger partial charge in [0.25, 0.3) is 0 Å². The molecule has 78 valence electrons. The number of carbonyl (C=O) groups excluding carboxylic acids is 1. The third-order valence-corrected chi connectivity index (χ3v) is 2.09. The molecule has 5 heteroatoms. The molecule has 0 fully saturated rings. The van der Waals surface area contributed by atoms with Crippen molar-refractivity contribution in [2.75, 3.05) is 14.1 Å². The molecule has 0 saturated heterocycles. The van der Waals surface area contributed by atoms with Gasteiger partial charge in [-0.25, -0.2) is 0 Å². The first-order valence-corrected chi connectivity index (χ1v) is 4.50. The van der Waals surface area contributed by atoms with Gasteiger partial charge in [-0.15, -0.1) is 0 Å². The Morgan fingerprint density at radius 3 is 2.79 bits per heavy atom. The summed E-state index contributed by atoms with van der Waals surface area (Å²) in [6.45, 7) is 2.26. The van der Waals surface area contributed by atoms with Crippen molar-refractivity contribution < 1.29 is 4.79 Å². The van der Waals surface area contributed by atoms with Gasteiger partial charge in [-0.3, -0.25) is 9.48 Å². The highest BCUT2D eigenvalue weighted by molar-refractivity contribution is 5.79. The topological polar surface area (TPSA) is 64.2 Å². The third kappa shape index (κ3) is 2.11. The molecule has 0 aliphatic rings. The van der Waals surface area contributed by atoms with Crippen LogP contribution >= 0.6 is 0 Å². The van der Waals surface area contributed by atoms with Crippen LogP contribution in [0.15, 0.2) is 12.4 Å². The van der Waals surface area contributed by atoms with Crippen molar-refractivity contribution in [1.29, 1.82) is 0 Å². The molecule has 14 heavy (non-hydrogen) atoms. The fourth-order valence-electron chi connectivity index (χ4n) is 1.18. The molecule has 5 nitrogen and oxygen atoms in total. The summed E-state index contributed by atoms with van der Waals surface area (Å²) in [5, 5.41) is 4.08. The quantitative estimate of drug-likeness (QED) is 0.739. The van der Waals surface area contributed by atoms with Gasteiger partial charge in [0.15, 0.2) is 0 Å². The van der Waals surface area contributed by atoms with E-state index in [4.69, 9.17) is 5.73 Å². The molecular weight excluding hydrogens is 180 g/mol. The molecule has 0 aromatic carbocycles. The molecule has 0 spiro atoms. The van der Waals surface area contributed by atoms with Gasteiger partial charge >= 0.3 is 0 Å². The molecule has 0 saturated carbocycles. The highest BCUT2D eigenvalue weighted by atomic mass is 16.2. The molecule has 0 aliphatic heterocycles. The minimum atomic E-state index is -0.273. The van der Waals surface area contributed by atoms with Crippen LogP contribution in [-0.4, -0.2) is 34.7 Å². The predicted molar refractivity (Wildman–Crippen MR) is 53.5 cm³/mol. The van der Waals surface area contributed by atoms with Crippen molar-refractivity contribution in [3.8, 4) is 0 Å². The molecular formula is C9H16N4O. The average Bonchev–Trinajstić information content (AvgIpc) is 2.63. The highest BCUT2D eigenvalue weighted by Gasteiger charge is 2.17. The largest absolute Gasteiger partial charge is 0.347 e. The molecule has 0 aliphatic carbocycles. The van der Waals surface area contributed by atoms with Gasteiger partial charge in [-0.1, -0.05) is 0 Å². The lowest BCUT2D eigenvalue weighted by Gasteiger charge is -2.16. The molecule has 1 unspecified atom stereocenters. The predicted octanol–water partition coefficient (Wildman–Crippen LogP) is -0.00900. The summed E-state index contributed by atoms with van der Waals surface area (Å²) >= 11 is 0. The normalized spacial score (nSPS) is 12.6. The summed E-state index contributed by atoms with van der Waals surface area (Å²) in [4.78, 5) is 13.1. The average molecular weight is 196 g/mol. The Balaban J connectivity index is 2.78. The number of aromatic nitrogens is 2. The van der Waals surface area contributed by atoms with Gasteiger partial charge in [0.1, 0.15) is 6.04 Å². The van der Waals surface area contributed by atoms with E-state index in [9.17, 15) is 4.79 Å². The zero-order valence-corrected chi connectivity index (χ0v) is 8.77. The Morgan fingerprint density at radius 2 is 2.36 bits per heavy atom. The number of amides is 1. The number of rotatable bonds is 3. The zero-order chi connectivity index (χ0) is 10.7. The zero-order valence-electron chi connectivity index (χ0n) is 8.77. The number of nitrogens with zero attached hydrogens (tertiary/aromatic N) is 3. The fraction of sp³-hybridized carbons (Fsp3) is 0.556. The van der Waals surface area contributed by atoms with Crippen LogP contribution in [0.5, 0.6) is 0 Å². The number of hydrogen-bond acceptors (Lipinski definition) is 3. The Bertz CT molecular complexity index is 318. The van der Waals surface area contributed by atoms with E-state index in [0.29, 0.717) is 6.54 Å². The first-order valence-electron chi connectivity index (χ1n) is 4.50. The maximum absolute atomic E-state index is 11.6. The van der Waals surface area contributed by atoms with Crippen molar-refractivity contribution in [2.24, 2.45) is 5.73 Å². The lowest BCUT2D eigenvalue weighted by Crippen LogP contribution is -2.30. The summed E-state index contributed by atoms with van der Waals surface area (Å²) in [6, 6.07) is -0.273. The second-order valence-electron chi connectivity index (χ2n) is 3.44. The summed E-state index contributed by atoms with van der Waals surface area (Å²) in [7, 11) is 3.46. The Hall–Kier alpha value is -1.36. The van der Waals surface area contributed by atoms with Crippen molar-refractivity contribution in [2.45, 2.75) is 19.5 Å². The van der Waals surface area contributed by atoms with E-state index >= 15 is 0 Å². The Kier molecular flexibility index (Phi) is 3.24. The van der Waals surface area contributed by atoms with Crippen LogP contribution in [0.1, 0.15) is 18.5 Å². The minimum Gasteiger partial charge on any atom is -0.347 e. The number of likely N-dealkylation sites (N-methyl/N-ethyl adjacent to an activating group) is 1. The van der Waals surface area contributed by atoms with Gasteiger partial charge in [0.05, 0.1) is 6.20 Å². The second kappa shape index (κ2) is 4.23. The van der Waals surface area contributed by atoms with Gasteiger partial charge in [0, 0.05) is 32.4 Å². The third-order valence-electron chi connectivity index (χ3n) is 2.09. The Morgan fingerprint density at radius 1 is 1.71 bits per heavy atom. The van der Waals surface area contributed by atoms with E-state index in [1.165, 1.54) is 0 Å². The lowest BCUT2D eigenvalue weighted by molar-refractivity contribution is -0.131. The maximum Gasteiger partial charge on any atom is 0.246 e. The van der Waals surface area contributed by atoms with E-state index < -0.39 is 0 Å². The van der Waals surface area contributed by atoms with Crippen molar-refractivity contribution >= 4 is 5.91 Å². The summed E-state index contributed by atoms with van der Waals surface area (Å²) < 4.78 is 1.63. The van der Waals surface area contributed by atoms with Gasteiger partial charge in [0.2, 0.25) is 5.91 Å². The summed E-state index contributed by atoms with van der Waals surface area (Å²) in [6.07, 6.45) is 3.48. The first-order chi connectivity index (χ1) is 6.56. The molecule has 1 aromatic heterocycles. The van der Waals surface area contributed by atoms with Gasteiger partial charge in [-0.05, 0) is 6.92 Å². The summed E-state index contributed by atoms with van der Waals surface area (Å²) in [5.74, 6) is 0.0247. The summed E-state index contributed by atoms with van der Waals surface area (Å²) in [5.41, 5.74) is 6.38. The molecule has 1 heterocycles. The molecule has 1 rings (SSSR count). The SMILES string of the molecule is CC(C(=O)N(C)C)n1cc(CN)cn1. The number of carbonyl (C=O) groups is 1. The van der Waals surface area contributed by atoms with Crippen LogP contribution < -0.4 is 5.73 Å². The molecule has 0 radical (unpaired) electrons. The Labute approximate surface area is 83.5 Å². The van der Waals surface area contributed by atoms with Crippen LogP contribution in [0, 0.1) is 0 Å². The standard InChI is InChI=1S/C9H16N4O/c1-7(9(14)12(2)3)13-6-8(4-10)5-11-13/h5-7H,4,10H2,1-3H3. The number of hydrogen-bond donors (Lipinski definition) is 1. The monoisotopic (exact) mass is 196 g/mol. The van der Waals surface area contributed by atoms with E-state index in [-0.39, 0.29) is 11.9 Å². The van der Waals surface area contributed by atoms with Crippen molar-refractivity contribution in [3.05, 3.63) is 18.0 Å². The van der Waals surface area contributed by atoms with Gasteiger partial charge in [-0.2, -0.15) is 5.10 Å². The van der Waals surface area contributed by atoms with E-state index in [0.717, 1.165) is 5.56 Å². The minimum absolute atomic E-state index is 0.0247. The van der Waals surface area contributed by atoms with E-state index in [1.807, 2.05) is 6.92 Å². The molecule has 1 amide bonds. The van der Waals surface area contributed by atoms with Crippen LogP contribution in [-0.2, 0) is 11.3 Å². The molecule has 1 atom stereocenters. The van der Waals surface area contributed by atoms with Crippen molar-refractivity contribution in [1.82, 2.24) is 14.7 Å². The maximum atomic E-state index is 11.6. The van der Waals surface area contributed by atoms with Crippen LogP contribution in [0.3, 0.4) is 0 Å². The fourth-order valence-corrected chi connectivity index (χ4v) is 1.18. The second-order valence-corrected chi connectivity index (χ2v) is 3.44. The van der Waals surface area contributed by atoms with Crippen molar-refractivity contribution in [3.63, 3.8) is 0 Å². The van der Waals surface area contributed by atoms with Crippen LogP contribution in [0.25, 0.3) is 0 Å². The lowest BCUT2D eigenvalue weighted by atomic mass is 10.3. The van der Waals surface area contributed by atoms with Crippen LogP contribution in [0.4, 0.5) is 0 Å². The number of nitrogens with two attached hydrogens (primary N) is 1. The van der Waals surface area contributed by atoms with E-state index in [1.54, 1.807) is 36.1 Å². The highest BCUT2D eigenvalue weighted by Crippen LogP contribution is 2.08. The molecule has 2 N–H and O–H groups in total. The van der Waals surface area contributed by atoms with Crippen LogP contribution in [0.2, 0.25) is 0 Å². The van der Waals surface area contributed by atoms with E-state index in [2.05, 4.69) is 5.10 Å². The molecule has 1 aromatic rings. The van der Waals surface area contributed by atoms with Gasteiger partial charge < -0.3 is 10.6 Å². The molecule has 0 bridgehead atoms.